The Balaban J connectivity index is 1.37. The fraction of sp³-hybridized carbons (Fsp3) is 0.160. The van der Waals surface area contributed by atoms with Gasteiger partial charge in [-0.2, -0.15) is 0 Å². The van der Waals surface area contributed by atoms with E-state index >= 15 is 0 Å². The van der Waals surface area contributed by atoms with Crippen LogP contribution < -0.4 is 15.4 Å². The molecule has 7 nitrogen and oxygen atoms in total. The number of ether oxygens (including phenoxy) is 2. The van der Waals surface area contributed by atoms with Gasteiger partial charge in [0.2, 0.25) is 5.91 Å². The first-order valence-corrected chi connectivity index (χ1v) is 11.0. The topological polar surface area (TPSA) is 93.7 Å². The molecule has 2 N–H and O–H groups in total. The van der Waals surface area contributed by atoms with Gasteiger partial charge in [0.15, 0.2) is 6.61 Å². The molecule has 0 fully saturated rings. The summed E-state index contributed by atoms with van der Waals surface area (Å²) in [4.78, 5) is 35.8. The Kier molecular flexibility index (Phi) is 8.60. The Morgan fingerprint density at radius 2 is 1.39 bits per heavy atom. The van der Waals surface area contributed by atoms with Crippen LogP contribution in [0.4, 0.5) is 11.4 Å². The van der Waals surface area contributed by atoms with E-state index in [9.17, 15) is 14.4 Å². The number of para-hydroxylation sites is 1. The molecule has 0 aliphatic rings. The van der Waals surface area contributed by atoms with E-state index in [-0.39, 0.29) is 18.7 Å². The molecule has 0 atom stereocenters. The van der Waals surface area contributed by atoms with Gasteiger partial charge in [0.25, 0.3) is 5.91 Å². The summed E-state index contributed by atoms with van der Waals surface area (Å²) in [7, 11) is 0. The summed E-state index contributed by atoms with van der Waals surface area (Å²) in [6.07, 6.45) is -0.194. The average molecular weight is 511 g/mol. The van der Waals surface area contributed by atoms with E-state index in [0.717, 1.165) is 15.8 Å². The summed E-state index contributed by atoms with van der Waals surface area (Å²) in [6.45, 7) is 1.54. The Labute approximate surface area is 200 Å². The van der Waals surface area contributed by atoms with Crippen LogP contribution in [0.1, 0.15) is 18.4 Å². The molecular formula is C25H23BrN2O5. The molecular weight excluding hydrogens is 488 g/mol. The molecule has 0 radical (unpaired) electrons. The van der Waals surface area contributed by atoms with Crippen molar-refractivity contribution in [1.29, 1.82) is 0 Å². The van der Waals surface area contributed by atoms with Gasteiger partial charge in [-0.1, -0.05) is 34.1 Å². The number of hydrogen-bond donors (Lipinski definition) is 2. The number of halogens is 1. The van der Waals surface area contributed by atoms with Gasteiger partial charge < -0.3 is 20.1 Å². The van der Waals surface area contributed by atoms with Crippen molar-refractivity contribution in [2.75, 3.05) is 17.2 Å². The van der Waals surface area contributed by atoms with Crippen LogP contribution in [0, 0.1) is 6.92 Å². The third-order valence-electron chi connectivity index (χ3n) is 4.51. The second kappa shape index (κ2) is 11.8. The minimum Gasteiger partial charge on any atom is -0.457 e. The molecule has 8 heteroatoms. The van der Waals surface area contributed by atoms with E-state index in [0.29, 0.717) is 17.1 Å². The van der Waals surface area contributed by atoms with E-state index in [1.54, 1.807) is 48.5 Å². The number of rotatable bonds is 9. The zero-order valence-electron chi connectivity index (χ0n) is 18.0. The molecule has 0 unspecified atom stereocenters. The minimum atomic E-state index is -0.627. The second-order valence-corrected chi connectivity index (χ2v) is 8.07. The highest BCUT2D eigenvalue weighted by atomic mass is 79.9. The lowest BCUT2D eigenvalue weighted by atomic mass is 10.2. The van der Waals surface area contributed by atoms with E-state index in [1.165, 1.54) is 0 Å². The monoisotopic (exact) mass is 510 g/mol. The van der Waals surface area contributed by atoms with Crippen LogP contribution in [0.3, 0.4) is 0 Å². The molecule has 0 aromatic heterocycles. The predicted molar refractivity (Wildman–Crippen MR) is 129 cm³/mol. The number of esters is 1. The van der Waals surface area contributed by atoms with E-state index in [1.807, 2.05) is 31.2 Å². The number of amides is 2. The van der Waals surface area contributed by atoms with E-state index in [4.69, 9.17) is 9.47 Å². The normalized spacial score (nSPS) is 10.2. The SMILES string of the molecule is Cc1ccccc1Oc1ccc(NC(=O)CCC(=O)OCC(=O)Nc2ccc(Br)cc2)cc1. The molecule has 33 heavy (non-hydrogen) atoms. The van der Waals surface area contributed by atoms with Crippen molar-refractivity contribution in [3.8, 4) is 11.5 Å². The van der Waals surface area contributed by atoms with Gasteiger partial charge >= 0.3 is 5.97 Å². The molecule has 3 aromatic rings. The lowest BCUT2D eigenvalue weighted by Crippen LogP contribution is -2.21. The molecule has 0 saturated carbocycles. The predicted octanol–water partition coefficient (Wildman–Crippen LogP) is 5.45. The second-order valence-electron chi connectivity index (χ2n) is 7.16. The van der Waals surface area contributed by atoms with E-state index < -0.39 is 18.5 Å². The first-order valence-electron chi connectivity index (χ1n) is 10.2. The summed E-state index contributed by atoms with van der Waals surface area (Å²) in [5.41, 5.74) is 2.20. The smallest absolute Gasteiger partial charge is 0.306 e. The van der Waals surface area contributed by atoms with Gasteiger partial charge in [-0.25, -0.2) is 0 Å². The molecule has 3 rings (SSSR count). The maximum absolute atomic E-state index is 12.1. The quantitative estimate of drug-likeness (QED) is 0.373. The molecule has 170 valence electrons. The van der Waals surface area contributed by atoms with Crippen molar-refractivity contribution in [3.63, 3.8) is 0 Å². The first kappa shape index (κ1) is 24.0. The first-order chi connectivity index (χ1) is 15.9. The highest BCUT2D eigenvalue weighted by Gasteiger charge is 2.11. The summed E-state index contributed by atoms with van der Waals surface area (Å²) < 4.78 is 11.6. The van der Waals surface area contributed by atoms with Crippen molar-refractivity contribution in [3.05, 3.63) is 82.8 Å². The largest absolute Gasteiger partial charge is 0.457 e. The van der Waals surface area contributed by atoms with Crippen LogP contribution in [-0.2, 0) is 19.1 Å². The Hall–Kier alpha value is -3.65. The number of benzene rings is 3. The zero-order chi connectivity index (χ0) is 23.6. The number of aryl methyl sites for hydroxylation is 1. The minimum absolute atomic E-state index is 0.0609. The number of carbonyl (C=O) groups excluding carboxylic acids is 3. The van der Waals surface area contributed by atoms with Crippen molar-refractivity contribution in [2.24, 2.45) is 0 Å². The molecule has 0 bridgehead atoms. The van der Waals surface area contributed by atoms with Gasteiger partial charge in [-0.3, -0.25) is 14.4 Å². The fourth-order valence-corrected chi connectivity index (χ4v) is 3.06. The third-order valence-corrected chi connectivity index (χ3v) is 5.04. The van der Waals surface area contributed by atoms with Gasteiger partial charge in [0.1, 0.15) is 11.5 Å². The maximum atomic E-state index is 12.1. The molecule has 0 aliphatic carbocycles. The maximum Gasteiger partial charge on any atom is 0.306 e. The molecule has 0 saturated heterocycles. The highest BCUT2D eigenvalue weighted by molar-refractivity contribution is 9.10. The van der Waals surface area contributed by atoms with Crippen LogP contribution in [0.15, 0.2) is 77.3 Å². The van der Waals surface area contributed by atoms with Crippen LogP contribution in [0.5, 0.6) is 11.5 Å². The average Bonchev–Trinajstić information content (AvgIpc) is 2.80. The van der Waals surface area contributed by atoms with Crippen molar-refractivity contribution in [2.45, 2.75) is 19.8 Å². The lowest BCUT2D eigenvalue weighted by Gasteiger charge is -2.10. The summed E-state index contributed by atoms with van der Waals surface area (Å²) in [6, 6.07) is 21.6. The molecule has 3 aromatic carbocycles. The van der Waals surface area contributed by atoms with Gasteiger partial charge in [0, 0.05) is 22.3 Å². The van der Waals surface area contributed by atoms with Crippen LogP contribution in [0.2, 0.25) is 0 Å². The summed E-state index contributed by atoms with van der Waals surface area (Å²) in [5, 5.41) is 5.33. The van der Waals surface area contributed by atoms with E-state index in [2.05, 4.69) is 26.6 Å². The van der Waals surface area contributed by atoms with Crippen LogP contribution in [-0.4, -0.2) is 24.4 Å². The fourth-order valence-electron chi connectivity index (χ4n) is 2.79. The molecule has 2 amide bonds. The number of nitrogens with one attached hydrogen (secondary N) is 2. The van der Waals surface area contributed by atoms with Gasteiger partial charge in [0.05, 0.1) is 6.42 Å². The van der Waals surface area contributed by atoms with Crippen molar-refractivity contribution >= 4 is 45.1 Å². The van der Waals surface area contributed by atoms with Crippen LogP contribution >= 0.6 is 15.9 Å². The summed E-state index contributed by atoms with van der Waals surface area (Å²) in [5.74, 6) is -0.00865. The van der Waals surface area contributed by atoms with Crippen molar-refractivity contribution < 1.29 is 23.9 Å². The summed E-state index contributed by atoms with van der Waals surface area (Å²) >= 11 is 3.31. The standard InChI is InChI=1S/C25H23BrN2O5/c1-17-4-2-3-5-22(17)33-21-12-10-20(11-13-21)27-23(29)14-15-25(31)32-16-24(30)28-19-8-6-18(26)7-9-19/h2-13H,14-16H2,1H3,(H,27,29)(H,28,30). The Morgan fingerprint density at radius 3 is 2.06 bits per heavy atom. The van der Waals surface area contributed by atoms with Gasteiger partial charge in [-0.15, -0.1) is 0 Å². The van der Waals surface area contributed by atoms with Gasteiger partial charge in [-0.05, 0) is 67.1 Å². The van der Waals surface area contributed by atoms with Crippen LogP contribution in [0.25, 0.3) is 0 Å². The molecule has 0 aliphatic heterocycles. The highest BCUT2D eigenvalue weighted by Crippen LogP contribution is 2.25. The lowest BCUT2D eigenvalue weighted by molar-refractivity contribution is -0.147. The third kappa shape index (κ3) is 8.08. The number of carbonyl (C=O) groups is 3. The zero-order valence-corrected chi connectivity index (χ0v) is 19.6. The number of hydrogen-bond acceptors (Lipinski definition) is 5. The Morgan fingerprint density at radius 1 is 0.788 bits per heavy atom. The van der Waals surface area contributed by atoms with Crippen molar-refractivity contribution in [1.82, 2.24) is 0 Å². The molecule has 0 heterocycles. The Bertz CT molecular complexity index is 1110. The molecule has 0 spiro atoms. The number of anilines is 2.